The van der Waals surface area contributed by atoms with Gasteiger partial charge in [-0.1, -0.05) is 35.0 Å². The fourth-order valence-corrected chi connectivity index (χ4v) is 1.48. The summed E-state index contributed by atoms with van der Waals surface area (Å²) in [4.78, 5) is 0. The molecule has 1 atom stereocenters. The van der Waals surface area contributed by atoms with Gasteiger partial charge < -0.3 is 5.73 Å². The molecule has 3 heteroatoms. The van der Waals surface area contributed by atoms with Gasteiger partial charge in [-0.2, -0.15) is 0 Å². The molecule has 2 N–H and O–H groups in total. The molecule has 0 aliphatic rings. The van der Waals surface area contributed by atoms with Gasteiger partial charge in [-0.05, 0) is 24.1 Å². The Morgan fingerprint density at radius 3 is 2.31 bits per heavy atom. The summed E-state index contributed by atoms with van der Waals surface area (Å²) in [7, 11) is 0. The summed E-state index contributed by atoms with van der Waals surface area (Å²) >= 11 is 3.30. The van der Waals surface area contributed by atoms with Crippen LogP contribution in [-0.4, -0.2) is 6.54 Å². The van der Waals surface area contributed by atoms with E-state index >= 15 is 0 Å². The van der Waals surface area contributed by atoms with Gasteiger partial charge in [0.1, 0.15) is 5.67 Å². The molecular formula is C10H13BrFN. The van der Waals surface area contributed by atoms with Crippen molar-refractivity contribution >= 4 is 15.9 Å². The van der Waals surface area contributed by atoms with E-state index < -0.39 is 5.67 Å². The number of halogens is 2. The van der Waals surface area contributed by atoms with Crippen LogP contribution < -0.4 is 5.73 Å². The molecule has 1 rings (SSSR count). The van der Waals surface area contributed by atoms with Crippen molar-refractivity contribution in [3.05, 3.63) is 34.3 Å². The van der Waals surface area contributed by atoms with Crippen molar-refractivity contribution in [1.82, 2.24) is 0 Å². The fourth-order valence-electron chi connectivity index (χ4n) is 1.21. The molecule has 0 bridgehead atoms. The van der Waals surface area contributed by atoms with E-state index in [0.717, 1.165) is 4.47 Å². The Hall–Kier alpha value is -0.410. The monoisotopic (exact) mass is 245 g/mol. The molecule has 0 aliphatic carbocycles. The molecule has 0 saturated heterocycles. The average molecular weight is 246 g/mol. The van der Waals surface area contributed by atoms with Crippen molar-refractivity contribution in [2.24, 2.45) is 5.73 Å². The fraction of sp³-hybridized carbons (Fsp3) is 0.400. The van der Waals surface area contributed by atoms with Crippen LogP contribution in [0.15, 0.2) is 28.7 Å². The summed E-state index contributed by atoms with van der Waals surface area (Å²) in [6.45, 7) is 1.83. The molecule has 0 fully saturated rings. The number of hydrogen-bond acceptors (Lipinski definition) is 1. The lowest BCUT2D eigenvalue weighted by Crippen LogP contribution is -2.29. The highest BCUT2D eigenvalue weighted by Gasteiger charge is 2.27. The second kappa shape index (κ2) is 4.20. The highest BCUT2D eigenvalue weighted by molar-refractivity contribution is 9.10. The van der Waals surface area contributed by atoms with Crippen LogP contribution in [0.3, 0.4) is 0 Å². The maximum atomic E-state index is 14.0. The van der Waals surface area contributed by atoms with Crippen LogP contribution in [0.1, 0.15) is 18.9 Å². The summed E-state index contributed by atoms with van der Waals surface area (Å²) < 4.78 is 14.9. The standard InChI is InChI=1S/C10H13BrFN/c1-2-10(12,7-13)8-3-5-9(11)6-4-8/h3-6H,2,7,13H2,1H3. The van der Waals surface area contributed by atoms with Gasteiger partial charge in [0, 0.05) is 11.0 Å². The third-order valence-electron chi connectivity index (χ3n) is 2.25. The number of nitrogens with two attached hydrogens (primary N) is 1. The molecule has 0 saturated carbocycles. The van der Waals surface area contributed by atoms with E-state index in [9.17, 15) is 4.39 Å². The predicted molar refractivity (Wildman–Crippen MR) is 56.3 cm³/mol. The van der Waals surface area contributed by atoms with Crippen molar-refractivity contribution in [2.75, 3.05) is 6.54 Å². The Morgan fingerprint density at radius 2 is 1.92 bits per heavy atom. The summed E-state index contributed by atoms with van der Waals surface area (Å²) in [5.41, 5.74) is 4.68. The lowest BCUT2D eigenvalue weighted by atomic mass is 9.93. The molecule has 0 spiro atoms. The predicted octanol–water partition coefficient (Wildman–Crippen LogP) is 2.98. The SMILES string of the molecule is CCC(F)(CN)c1ccc(Br)cc1. The van der Waals surface area contributed by atoms with E-state index in [-0.39, 0.29) is 6.54 Å². The molecule has 13 heavy (non-hydrogen) atoms. The van der Waals surface area contributed by atoms with Crippen LogP contribution in [0.5, 0.6) is 0 Å². The maximum Gasteiger partial charge on any atom is 0.147 e. The van der Waals surface area contributed by atoms with Gasteiger partial charge in [0.05, 0.1) is 0 Å². The van der Waals surface area contributed by atoms with Gasteiger partial charge in [-0.3, -0.25) is 0 Å². The summed E-state index contributed by atoms with van der Waals surface area (Å²) in [6.07, 6.45) is 0.408. The van der Waals surface area contributed by atoms with Gasteiger partial charge in [0.15, 0.2) is 0 Å². The van der Waals surface area contributed by atoms with E-state index in [4.69, 9.17) is 5.73 Å². The molecular weight excluding hydrogens is 233 g/mol. The van der Waals surface area contributed by atoms with Gasteiger partial charge in [0.2, 0.25) is 0 Å². The Morgan fingerprint density at radius 1 is 1.38 bits per heavy atom. The molecule has 0 heterocycles. The second-order valence-electron chi connectivity index (χ2n) is 3.03. The Labute approximate surface area is 86.3 Å². The quantitative estimate of drug-likeness (QED) is 0.871. The van der Waals surface area contributed by atoms with Crippen LogP contribution in [0.4, 0.5) is 4.39 Å². The summed E-state index contributed by atoms with van der Waals surface area (Å²) in [5, 5.41) is 0. The van der Waals surface area contributed by atoms with E-state index in [0.29, 0.717) is 12.0 Å². The smallest absolute Gasteiger partial charge is 0.147 e. The zero-order valence-electron chi connectivity index (χ0n) is 7.56. The first-order valence-electron chi connectivity index (χ1n) is 4.27. The van der Waals surface area contributed by atoms with E-state index in [1.165, 1.54) is 0 Å². The largest absolute Gasteiger partial charge is 0.327 e. The molecule has 0 radical (unpaired) electrons. The van der Waals surface area contributed by atoms with Crippen LogP contribution in [0.25, 0.3) is 0 Å². The second-order valence-corrected chi connectivity index (χ2v) is 3.95. The molecule has 0 aromatic heterocycles. The minimum atomic E-state index is -1.37. The van der Waals surface area contributed by atoms with Gasteiger partial charge >= 0.3 is 0 Å². The van der Waals surface area contributed by atoms with Crippen molar-refractivity contribution < 1.29 is 4.39 Å². The molecule has 1 nitrogen and oxygen atoms in total. The molecule has 1 unspecified atom stereocenters. The summed E-state index contributed by atoms with van der Waals surface area (Å²) in [6, 6.07) is 7.19. The zero-order valence-corrected chi connectivity index (χ0v) is 9.14. The first kappa shape index (κ1) is 10.7. The van der Waals surface area contributed by atoms with Crippen LogP contribution >= 0.6 is 15.9 Å². The third-order valence-corrected chi connectivity index (χ3v) is 2.77. The number of benzene rings is 1. The lowest BCUT2D eigenvalue weighted by molar-refractivity contribution is 0.169. The normalized spacial score (nSPS) is 15.4. The molecule has 1 aromatic carbocycles. The van der Waals surface area contributed by atoms with Gasteiger partial charge in [-0.15, -0.1) is 0 Å². The Bertz CT molecular complexity index is 267. The Kier molecular flexibility index (Phi) is 3.45. The molecule has 1 aromatic rings. The first-order chi connectivity index (χ1) is 6.12. The van der Waals surface area contributed by atoms with Crippen molar-refractivity contribution in [3.63, 3.8) is 0 Å². The summed E-state index contributed by atoms with van der Waals surface area (Å²) in [5.74, 6) is 0. The minimum absolute atomic E-state index is 0.0329. The lowest BCUT2D eigenvalue weighted by Gasteiger charge is -2.22. The van der Waals surface area contributed by atoms with Crippen molar-refractivity contribution in [3.8, 4) is 0 Å². The van der Waals surface area contributed by atoms with E-state index in [1.54, 1.807) is 19.1 Å². The molecule has 72 valence electrons. The van der Waals surface area contributed by atoms with Crippen molar-refractivity contribution in [1.29, 1.82) is 0 Å². The highest BCUT2D eigenvalue weighted by Crippen LogP contribution is 2.29. The van der Waals surface area contributed by atoms with Crippen LogP contribution in [0.2, 0.25) is 0 Å². The van der Waals surface area contributed by atoms with E-state index in [1.807, 2.05) is 12.1 Å². The Balaban J connectivity index is 2.99. The average Bonchev–Trinajstić information content (AvgIpc) is 2.18. The maximum absolute atomic E-state index is 14.0. The van der Waals surface area contributed by atoms with E-state index in [2.05, 4.69) is 15.9 Å². The zero-order chi connectivity index (χ0) is 9.90. The number of hydrogen-bond donors (Lipinski definition) is 1. The third kappa shape index (κ3) is 2.29. The highest BCUT2D eigenvalue weighted by atomic mass is 79.9. The van der Waals surface area contributed by atoms with Gasteiger partial charge in [-0.25, -0.2) is 4.39 Å². The number of alkyl halides is 1. The minimum Gasteiger partial charge on any atom is -0.327 e. The van der Waals surface area contributed by atoms with Crippen LogP contribution in [-0.2, 0) is 5.67 Å². The topological polar surface area (TPSA) is 26.0 Å². The van der Waals surface area contributed by atoms with Crippen LogP contribution in [0, 0.1) is 0 Å². The van der Waals surface area contributed by atoms with Gasteiger partial charge in [0.25, 0.3) is 0 Å². The molecule has 0 aliphatic heterocycles. The number of rotatable bonds is 3. The first-order valence-corrected chi connectivity index (χ1v) is 5.06. The van der Waals surface area contributed by atoms with Crippen molar-refractivity contribution in [2.45, 2.75) is 19.0 Å². The molecule has 0 amide bonds.